The highest BCUT2D eigenvalue weighted by atomic mass is 16.5. The van der Waals surface area contributed by atoms with Gasteiger partial charge in [-0.25, -0.2) is 4.79 Å². The van der Waals surface area contributed by atoms with Crippen LogP contribution in [0.4, 0.5) is 0 Å². The van der Waals surface area contributed by atoms with Crippen LogP contribution in [0, 0.1) is 19.8 Å². The Bertz CT molecular complexity index is 498. The number of aromatic nitrogens is 1. The third-order valence-corrected chi connectivity index (χ3v) is 4.84. The van der Waals surface area contributed by atoms with Crippen LogP contribution in [0.1, 0.15) is 40.6 Å². The summed E-state index contributed by atoms with van der Waals surface area (Å²) in [6.45, 7) is 7.74. The van der Waals surface area contributed by atoms with E-state index in [1.165, 1.54) is 38.7 Å². The third-order valence-electron chi connectivity index (χ3n) is 4.84. The zero-order valence-electron chi connectivity index (χ0n) is 12.0. The van der Waals surface area contributed by atoms with Crippen molar-refractivity contribution in [1.82, 2.24) is 9.47 Å². The number of hydrogen-bond donors (Lipinski definition) is 0. The van der Waals surface area contributed by atoms with E-state index in [-0.39, 0.29) is 5.97 Å². The van der Waals surface area contributed by atoms with Crippen LogP contribution in [-0.4, -0.2) is 42.2 Å². The molecule has 3 saturated heterocycles. The van der Waals surface area contributed by atoms with Crippen LogP contribution < -0.4 is 0 Å². The van der Waals surface area contributed by atoms with E-state index in [0.717, 1.165) is 23.7 Å². The number of ether oxygens (including phenoxy) is 1. The number of fused-ring (bicyclic) bond motifs is 3. The number of hydrogen-bond acceptors (Lipinski definition) is 3. The van der Waals surface area contributed by atoms with Gasteiger partial charge in [-0.2, -0.15) is 0 Å². The summed E-state index contributed by atoms with van der Waals surface area (Å²) in [4.78, 5) is 14.3. The number of methoxy groups -OCH3 is 1. The van der Waals surface area contributed by atoms with Crippen molar-refractivity contribution >= 4 is 5.97 Å². The monoisotopic (exact) mass is 262 g/mol. The van der Waals surface area contributed by atoms with E-state index in [1.54, 1.807) is 0 Å². The average molecular weight is 262 g/mol. The van der Waals surface area contributed by atoms with E-state index in [4.69, 9.17) is 4.74 Å². The van der Waals surface area contributed by atoms with Crippen molar-refractivity contribution in [1.29, 1.82) is 0 Å². The molecule has 0 N–H and O–H groups in total. The van der Waals surface area contributed by atoms with Crippen LogP contribution in [0.2, 0.25) is 0 Å². The van der Waals surface area contributed by atoms with Crippen LogP contribution in [0.5, 0.6) is 0 Å². The van der Waals surface area contributed by atoms with Gasteiger partial charge in [0.25, 0.3) is 0 Å². The number of carbonyl (C=O) groups is 1. The molecule has 1 atom stereocenters. The van der Waals surface area contributed by atoms with Gasteiger partial charge >= 0.3 is 5.97 Å². The van der Waals surface area contributed by atoms with Gasteiger partial charge in [0, 0.05) is 24.0 Å². The Balaban J connectivity index is 1.97. The average Bonchev–Trinajstić information content (AvgIpc) is 2.74. The van der Waals surface area contributed by atoms with E-state index in [2.05, 4.69) is 16.4 Å². The Morgan fingerprint density at radius 3 is 2.53 bits per heavy atom. The Morgan fingerprint density at radius 2 is 2.00 bits per heavy atom. The Morgan fingerprint density at radius 1 is 1.32 bits per heavy atom. The second kappa shape index (κ2) is 4.67. The van der Waals surface area contributed by atoms with Crippen molar-refractivity contribution < 1.29 is 9.53 Å². The predicted molar refractivity (Wildman–Crippen MR) is 73.4 cm³/mol. The predicted octanol–water partition coefficient (Wildman–Crippen LogP) is 2.16. The van der Waals surface area contributed by atoms with Crippen LogP contribution in [-0.2, 0) is 4.74 Å². The number of nitrogens with zero attached hydrogens (tertiary/aromatic N) is 2. The molecule has 0 spiro atoms. The van der Waals surface area contributed by atoms with Gasteiger partial charge in [0.2, 0.25) is 0 Å². The lowest BCUT2D eigenvalue weighted by molar-refractivity contribution is 0.0545. The second-order valence-corrected chi connectivity index (χ2v) is 5.85. The molecule has 2 bridgehead atoms. The van der Waals surface area contributed by atoms with Crippen LogP contribution in [0.3, 0.4) is 0 Å². The normalized spacial score (nSPS) is 29.5. The Hall–Kier alpha value is -1.29. The van der Waals surface area contributed by atoms with Gasteiger partial charge in [-0.1, -0.05) is 0 Å². The van der Waals surface area contributed by atoms with Crippen LogP contribution >= 0.6 is 0 Å². The maximum atomic E-state index is 11.8. The standard InChI is InChI=1S/C15H22N2O2/c1-10-8-13(15(18)19-3)11(2)17(10)14-9-16-6-4-12(14)5-7-16/h8,12,14H,4-7,9H2,1-3H3. The molecule has 1 aromatic heterocycles. The first-order valence-electron chi connectivity index (χ1n) is 7.11. The summed E-state index contributed by atoms with van der Waals surface area (Å²) in [6, 6.07) is 2.50. The fraction of sp³-hybridized carbons (Fsp3) is 0.667. The minimum atomic E-state index is -0.222. The maximum Gasteiger partial charge on any atom is 0.339 e. The molecule has 3 aliphatic rings. The summed E-state index contributed by atoms with van der Waals surface area (Å²) in [7, 11) is 1.45. The molecule has 0 amide bonds. The zero-order valence-corrected chi connectivity index (χ0v) is 12.0. The van der Waals surface area contributed by atoms with Gasteiger partial charge in [0.15, 0.2) is 0 Å². The van der Waals surface area contributed by atoms with E-state index >= 15 is 0 Å². The highest BCUT2D eigenvalue weighted by molar-refractivity contribution is 5.91. The quantitative estimate of drug-likeness (QED) is 0.766. The summed E-state index contributed by atoms with van der Waals surface area (Å²) in [5, 5.41) is 0. The lowest BCUT2D eigenvalue weighted by Crippen LogP contribution is -2.48. The topological polar surface area (TPSA) is 34.5 Å². The summed E-state index contributed by atoms with van der Waals surface area (Å²) in [5.74, 6) is 0.543. The number of esters is 1. The highest BCUT2D eigenvalue weighted by Crippen LogP contribution is 2.37. The van der Waals surface area contributed by atoms with E-state index in [0.29, 0.717) is 6.04 Å². The number of carbonyl (C=O) groups excluding carboxylic acids is 1. The molecule has 0 aliphatic carbocycles. The fourth-order valence-corrected chi connectivity index (χ4v) is 3.83. The van der Waals surface area contributed by atoms with Gasteiger partial charge in [0.1, 0.15) is 0 Å². The summed E-state index contributed by atoms with van der Waals surface area (Å²) in [5.41, 5.74) is 2.95. The van der Waals surface area contributed by atoms with Crippen LogP contribution in [0.15, 0.2) is 6.07 Å². The number of piperidine rings is 3. The van der Waals surface area contributed by atoms with Gasteiger partial charge in [-0.15, -0.1) is 0 Å². The van der Waals surface area contributed by atoms with E-state index < -0.39 is 0 Å². The lowest BCUT2D eigenvalue weighted by atomic mass is 9.83. The minimum Gasteiger partial charge on any atom is -0.465 e. The van der Waals surface area contributed by atoms with Crippen LogP contribution in [0.25, 0.3) is 0 Å². The first-order chi connectivity index (χ1) is 9.11. The summed E-state index contributed by atoms with van der Waals surface area (Å²) in [6.07, 6.45) is 2.57. The summed E-state index contributed by atoms with van der Waals surface area (Å²) < 4.78 is 7.24. The number of rotatable bonds is 2. The van der Waals surface area contributed by atoms with Crippen molar-refractivity contribution in [3.8, 4) is 0 Å². The molecular formula is C15H22N2O2. The molecule has 4 heterocycles. The Kier molecular flexibility index (Phi) is 3.13. The largest absolute Gasteiger partial charge is 0.465 e. The first kappa shape index (κ1) is 12.7. The van der Waals surface area contributed by atoms with Crippen molar-refractivity contribution in [2.24, 2.45) is 5.92 Å². The zero-order chi connectivity index (χ0) is 13.6. The van der Waals surface area contributed by atoms with Gasteiger partial charge < -0.3 is 14.2 Å². The van der Waals surface area contributed by atoms with E-state index in [9.17, 15) is 4.79 Å². The second-order valence-electron chi connectivity index (χ2n) is 5.85. The lowest BCUT2D eigenvalue weighted by Gasteiger charge is -2.46. The van der Waals surface area contributed by atoms with Gasteiger partial charge in [-0.05, 0) is 51.8 Å². The molecule has 3 aliphatic heterocycles. The van der Waals surface area contributed by atoms with Gasteiger partial charge in [-0.3, -0.25) is 0 Å². The van der Waals surface area contributed by atoms with Crippen molar-refractivity contribution in [2.45, 2.75) is 32.7 Å². The van der Waals surface area contributed by atoms with E-state index in [1.807, 2.05) is 13.0 Å². The molecule has 1 aromatic rings. The van der Waals surface area contributed by atoms with Gasteiger partial charge in [0.05, 0.1) is 12.7 Å². The minimum absolute atomic E-state index is 0.222. The highest BCUT2D eigenvalue weighted by Gasteiger charge is 2.36. The first-order valence-corrected chi connectivity index (χ1v) is 7.11. The molecule has 19 heavy (non-hydrogen) atoms. The molecule has 0 radical (unpaired) electrons. The molecule has 3 fully saturated rings. The molecule has 4 heteroatoms. The maximum absolute atomic E-state index is 11.8. The van der Waals surface area contributed by atoms with Crippen molar-refractivity contribution in [2.75, 3.05) is 26.7 Å². The third kappa shape index (κ3) is 1.98. The molecule has 104 valence electrons. The Labute approximate surface area is 114 Å². The molecule has 0 aromatic carbocycles. The molecular weight excluding hydrogens is 240 g/mol. The SMILES string of the molecule is COC(=O)c1cc(C)n(C2CN3CCC2CC3)c1C. The van der Waals surface area contributed by atoms with Crippen molar-refractivity contribution in [3.63, 3.8) is 0 Å². The molecule has 4 rings (SSSR count). The number of aryl methyl sites for hydroxylation is 1. The summed E-state index contributed by atoms with van der Waals surface area (Å²) >= 11 is 0. The molecule has 0 saturated carbocycles. The molecule has 1 unspecified atom stereocenters. The fourth-order valence-electron chi connectivity index (χ4n) is 3.83. The smallest absolute Gasteiger partial charge is 0.339 e. The molecule has 4 nitrogen and oxygen atoms in total. The van der Waals surface area contributed by atoms with Crippen molar-refractivity contribution in [3.05, 3.63) is 23.0 Å².